The minimum atomic E-state index is -0.393. The van der Waals surface area contributed by atoms with Crippen LogP contribution in [0.4, 0.5) is 5.69 Å². The summed E-state index contributed by atoms with van der Waals surface area (Å²) in [5.41, 5.74) is 1.11. The van der Waals surface area contributed by atoms with Crippen molar-refractivity contribution in [1.82, 2.24) is 9.97 Å². The zero-order chi connectivity index (χ0) is 17.6. The SMILES string of the molecule is O=C(Nc1cc(Br)c[nH]c1=O)c1cccc(OCc2cccnc2)c1. The first-order valence-corrected chi connectivity index (χ1v) is 8.22. The van der Waals surface area contributed by atoms with Gasteiger partial charge in [0.15, 0.2) is 0 Å². The third-order valence-corrected chi connectivity index (χ3v) is 3.80. The van der Waals surface area contributed by atoms with E-state index in [1.54, 1.807) is 42.7 Å². The molecule has 0 radical (unpaired) electrons. The number of nitrogens with zero attached hydrogens (tertiary/aromatic N) is 1. The van der Waals surface area contributed by atoms with Crippen molar-refractivity contribution in [3.8, 4) is 5.75 Å². The summed E-state index contributed by atoms with van der Waals surface area (Å²) in [6.45, 7) is 0.351. The maximum Gasteiger partial charge on any atom is 0.271 e. The zero-order valence-electron chi connectivity index (χ0n) is 13.0. The first-order chi connectivity index (χ1) is 12.1. The number of aromatic amines is 1. The molecule has 2 N–H and O–H groups in total. The molecule has 0 fully saturated rings. The van der Waals surface area contributed by atoms with Gasteiger partial charge in [0.25, 0.3) is 11.5 Å². The highest BCUT2D eigenvalue weighted by Crippen LogP contribution is 2.17. The molecule has 0 atom stereocenters. The summed E-state index contributed by atoms with van der Waals surface area (Å²) in [6.07, 6.45) is 4.92. The van der Waals surface area contributed by atoms with Crippen LogP contribution in [-0.2, 0) is 6.61 Å². The number of aromatic nitrogens is 2. The molecule has 2 heterocycles. The quantitative estimate of drug-likeness (QED) is 0.688. The second-order valence-corrected chi connectivity index (χ2v) is 6.11. The Labute approximate surface area is 152 Å². The van der Waals surface area contributed by atoms with Gasteiger partial charge in [0.2, 0.25) is 0 Å². The molecule has 0 saturated heterocycles. The number of carbonyl (C=O) groups is 1. The molecule has 0 aliphatic heterocycles. The third kappa shape index (κ3) is 4.54. The van der Waals surface area contributed by atoms with Gasteiger partial charge in [0, 0.05) is 34.2 Å². The van der Waals surface area contributed by atoms with E-state index in [1.807, 2.05) is 12.1 Å². The lowest BCUT2D eigenvalue weighted by molar-refractivity contribution is 0.102. The summed E-state index contributed by atoms with van der Waals surface area (Å²) in [5, 5.41) is 2.59. The standard InChI is InChI=1S/C18H14BrN3O3/c19-14-8-16(18(24)21-10-14)22-17(23)13-4-1-5-15(7-13)25-11-12-3-2-6-20-9-12/h1-10H,11H2,(H,21,24)(H,22,23). The van der Waals surface area contributed by atoms with E-state index in [1.165, 1.54) is 6.20 Å². The number of rotatable bonds is 5. The lowest BCUT2D eigenvalue weighted by Crippen LogP contribution is -2.19. The fourth-order valence-corrected chi connectivity index (χ4v) is 2.47. The lowest BCUT2D eigenvalue weighted by atomic mass is 10.2. The topological polar surface area (TPSA) is 84.1 Å². The maximum atomic E-state index is 12.4. The van der Waals surface area contributed by atoms with Crippen LogP contribution in [0.15, 0.2) is 70.3 Å². The minimum Gasteiger partial charge on any atom is -0.489 e. The van der Waals surface area contributed by atoms with Crippen molar-refractivity contribution in [1.29, 1.82) is 0 Å². The molecule has 1 amide bonds. The predicted octanol–water partition coefficient (Wildman–Crippen LogP) is 3.36. The third-order valence-electron chi connectivity index (χ3n) is 3.34. The summed E-state index contributed by atoms with van der Waals surface area (Å²) in [5.74, 6) is 0.162. The first-order valence-electron chi connectivity index (χ1n) is 7.43. The second kappa shape index (κ2) is 7.76. The van der Waals surface area contributed by atoms with Crippen LogP contribution in [-0.4, -0.2) is 15.9 Å². The van der Waals surface area contributed by atoms with Gasteiger partial charge in [-0.15, -0.1) is 0 Å². The van der Waals surface area contributed by atoms with Crippen LogP contribution in [0.5, 0.6) is 5.75 Å². The molecule has 0 saturated carbocycles. The van der Waals surface area contributed by atoms with Crippen LogP contribution in [0.2, 0.25) is 0 Å². The van der Waals surface area contributed by atoms with Gasteiger partial charge in [-0.3, -0.25) is 14.6 Å². The van der Waals surface area contributed by atoms with Crippen molar-refractivity contribution >= 4 is 27.5 Å². The van der Waals surface area contributed by atoms with E-state index in [4.69, 9.17) is 4.74 Å². The zero-order valence-corrected chi connectivity index (χ0v) is 14.6. The van der Waals surface area contributed by atoms with Gasteiger partial charge in [-0.2, -0.15) is 0 Å². The molecule has 3 rings (SSSR count). The van der Waals surface area contributed by atoms with Crippen molar-refractivity contribution in [2.75, 3.05) is 5.32 Å². The highest BCUT2D eigenvalue weighted by molar-refractivity contribution is 9.10. The normalized spacial score (nSPS) is 10.3. The van der Waals surface area contributed by atoms with Crippen LogP contribution < -0.4 is 15.6 Å². The molecular weight excluding hydrogens is 386 g/mol. The van der Waals surface area contributed by atoms with Crippen molar-refractivity contribution in [3.05, 3.63) is 87.0 Å². The van der Waals surface area contributed by atoms with Crippen molar-refractivity contribution in [3.63, 3.8) is 0 Å². The Balaban J connectivity index is 1.71. The number of ether oxygens (including phenoxy) is 1. The van der Waals surface area contributed by atoms with Gasteiger partial charge < -0.3 is 15.0 Å². The Hall–Kier alpha value is -2.93. The van der Waals surface area contributed by atoms with Gasteiger partial charge in [-0.05, 0) is 46.3 Å². The number of hydrogen-bond acceptors (Lipinski definition) is 4. The van der Waals surface area contributed by atoms with E-state index in [2.05, 4.69) is 31.2 Å². The van der Waals surface area contributed by atoms with Gasteiger partial charge >= 0.3 is 0 Å². The highest BCUT2D eigenvalue weighted by Gasteiger charge is 2.10. The Morgan fingerprint density at radius 2 is 2.12 bits per heavy atom. The van der Waals surface area contributed by atoms with E-state index in [0.717, 1.165) is 5.56 Å². The molecule has 7 heteroatoms. The molecule has 25 heavy (non-hydrogen) atoms. The van der Waals surface area contributed by atoms with Gasteiger partial charge in [0.1, 0.15) is 18.0 Å². The van der Waals surface area contributed by atoms with Gasteiger partial charge in [-0.1, -0.05) is 12.1 Å². The number of carbonyl (C=O) groups excluding carboxylic acids is 1. The van der Waals surface area contributed by atoms with E-state index in [-0.39, 0.29) is 11.2 Å². The minimum absolute atomic E-state index is 0.168. The summed E-state index contributed by atoms with van der Waals surface area (Å²) in [7, 11) is 0. The molecule has 0 aliphatic rings. The van der Waals surface area contributed by atoms with Crippen molar-refractivity contribution in [2.45, 2.75) is 6.61 Å². The Morgan fingerprint density at radius 1 is 1.24 bits per heavy atom. The predicted molar refractivity (Wildman–Crippen MR) is 97.7 cm³/mol. The maximum absolute atomic E-state index is 12.4. The molecule has 0 aliphatic carbocycles. The van der Waals surface area contributed by atoms with Crippen molar-refractivity contribution in [2.24, 2.45) is 0 Å². The molecule has 0 spiro atoms. The highest BCUT2D eigenvalue weighted by atomic mass is 79.9. The molecule has 6 nitrogen and oxygen atoms in total. The van der Waals surface area contributed by atoms with E-state index in [0.29, 0.717) is 22.4 Å². The van der Waals surface area contributed by atoms with E-state index in [9.17, 15) is 9.59 Å². The monoisotopic (exact) mass is 399 g/mol. The second-order valence-electron chi connectivity index (χ2n) is 5.19. The summed E-state index contributed by atoms with van der Waals surface area (Å²) in [6, 6.07) is 12.0. The smallest absolute Gasteiger partial charge is 0.271 e. The summed E-state index contributed by atoms with van der Waals surface area (Å²) < 4.78 is 6.34. The summed E-state index contributed by atoms with van der Waals surface area (Å²) >= 11 is 3.25. The number of hydrogen-bond donors (Lipinski definition) is 2. The van der Waals surface area contributed by atoms with E-state index < -0.39 is 5.91 Å². The average molecular weight is 400 g/mol. The molecule has 0 bridgehead atoms. The van der Waals surface area contributed by atoms with Crippen LogP contribution in [0.1, 0.15) is 15.9 Å². The van der Waals surface area contributed by atoms with E-state index >= 15 is 0 Å². The summed E-state index contributed by atoms with van der Waals surface area (Å²) in [4.78, 5) is 30.7. The number of halogens is 1. The van der Waals surface area contributed by atoms with Gasteiger partial charge in [-0.25, -0.2) is 0 Å². The fraction of sp³-hybridized carbons (Fsp3) is 0.0556. The van der Waals surface area contributed by atoms with Gasteiger partial charge in [0.05, 0.1) is 0 Å². The largest absolute Gasteiger partial charge is 0.489 e. The lowest BCUT2D eigenvalue weighted by Gasteiger charge is -2.08. The van der Waals surface area contributed by atoms with Crippen molar-refractivity contribution < 1.29 is 9.53 Å². The van der Waals surface area contributed by atoms with Crippen LogP contribution in [0.3, 0.4) is 0 Å². The molecule has 126 valence electrons. The Kier molecular flexibility index (Phi) is 5.25. The van der Waals surface area contributed by atoms with Crippen LogP contribution in [0, 0.1) is 0 Å². The number of H-pyrrole nitrogens is 1. The average Bonchev–Trinajstić information content (AvgIpc) is 2.64. The fourth-order valence-electron chi connectivity index (χ4n) is 2.12. The molecule has 1 aromatic carbocycles. The number of nitrogens with one attached hydrogen (secondary N) is 2. The number of pyridine rings is 2. The number of anilines is 1. The number of benzene rings is 1. The Bertz CT molecular complexity index is 942. The molecule has 2 aromatic heterocycles. The molecular formula is C18H14BrN3O3. The Morgan fingerprint density at radius 3 is 2.92 bits per heavy atom. The van der Waals surface area contributed by atoms with Crippen LogP contribution >= 0.6 is 15.9 Å². The molecule has 0 unspecified atom stereocenters. The first kappa shape index (κ1) is 16.9. The molecule has 3 aromatic rings. The number of amides is 1. The van der Waals surface area contributed by atoms with Crippen LogP contribution in [0.25, 0.3) is 0 Å².